The van der Waals surface area contributed by atoms with Gasteiger partial charge in [-0.05, 0) is 50.1 Å². The number of nitrogens with one attached hydrogen (secondary N) is 1. The van der Waals surface area contributed by atoms with Crippen molar-refractivity contribution < 1.29 is 14.3 Å². The van der Waals surface area contributed by atoms with Crippen molar-refractivity contribution in [1.82, 2.24) is 4.98 Å². The number of hydrogen-bond donors (Lipinski definition) is 1. The van der Waals surface area contributed by atoms with Crippen LogP contribution < -0.4 is 14.8 Å². The van der Waals surface area contributed by atoms with Crippen molar-refractivity contribution in [3.05, 3.63) is 47.5 Å². The quantitative estimate of drug-likeness (QED) is 0.753. The Morgan fingerprint density at radius 3 is 2.64 bits per heavy atom. The summed E-state index contributed by atoms with van der Waals surface area (Å²) >= 11 is 1.47. The van der Waals surface area contributed by atoms with E-state index in [-0.39, 0.29) is 12.0 Å². The van der Waals surface area contributed by atoms with Crippen LogP contribution in [0.2, 0.25) is 0 Å². The molecule has 2 aromatic carbocycles. The Kier molecular flexibility index (Phi) is 3.84. The molecule has 2 heterocycles. The normalized spacial score (nSPS) is 19.0. The van der Waals surface area contributed by atoms with Gasteiger partial charge in [0.2, 0.25) is 6.10 Å². The number of amides is 1. The lowest BCUT2D eigenvalue weighted by Gasteiger charge is -2.30. The third-order valence-electron chi connectivity index (χ3n) is 4.15. The first-order valence-corrected chi connectivity index (χ1v) is 8.94. The zero-order chi connectivity index (χ0) is 17.6. The number of thiazole rings is 1. The number of rotatable bonds is 2. The summed E-state index contributed by atoms with van der Waals surface area (Å²) in [4.78, 5) is 17.2. The van der Waals surface area contributed by atoms with Crippen LogP contribution >= 0.6 is 11.3 Å². The SMILES string of the molecule is Cc1cc(C)c2sc(NC(=O)C3Oc4ccccc4OC3C)nc2c1. The zero-order valence-corrected chi connectivity index (χ0v) is 15.0. The zero-order valence-electron chi connectivity index (χ0n) is 14.2. The number of ether oxygens (including phenoxy) is 2. The number of nitrogens with zero attached hydrogens (tertiary/aromatic N) is 1. The Labute approximate surface area is 149 Å². The topological polar surface area (TPSA) is 60.5 Å². The maximum Gasteiger partial charge on any atom is 0.271 e. The van der Waals surface area contributed by atoms with E-state index in [1.165, 1.54) is 11.3 Å². The van der Waals surface area contributed by atoms with Crippen molar-refractivity contribution in [2.45, 2.75) is 33.0 Å². The first-order valence-electron chi connectivity index (χ1n) is 8.12. The molecule has 0 saturated carbocycles. The van der Waals surface area contributed by atoms with Gasteiger partial charge in [0.1, 0.15) is 6.10 Å². The van der Waals surface area contributed by atoms with Gasteiger partial charge in [-0.3, -0.25) is 10.1 Å². The highest BCUT2D eigenvalue weighted by molar-refractivity contribution is 7.22. The van der Waals surface area contributed by atoms with E-state index in [2.05, 4.69) is 23.3 Å². The molecule has 6 heteroatoms. The Balaban J connectivity index is 1.57. The van der Waals surface area contributed by atoms with Gasteiger partial charge < -0.3 is 9.47 Å². The molecule has 1 aliphatic rings. The maximum atomic E-state index is 12.7. The second kappa shape index (κ2) is 6.04. The fraction of sp³-hybridized carbons (Fsp3) is 0.263. The number of carbonyl (C=O) groups is 1. The largest absolute Gasteiger partial charge is 0.482 e. The summed E-state index contributed by atoms with van der Waals surface area (Å²) in [7, 11) is 0. The Morgan fingerprint density at radius 1 is 1.16 bits per heavy atom. The average molecular weight is 354 g/mol. The molecular formula is C19H18N2O3S. The van der Waals surface area contributed by atoms with E-state index in [1.54, 1.807) is 6.07 Å². The van der Waals surface area contributed by atoms with E-state index in [9.17, 15) is 4.79 Å². The number of aryl methyl sites for hydroxylation is 2. The molecule has 2 unspecified atom stereocenters. The molecule has 3 aromatic rings. The van der Waals surface area contributed by atoms with Crippen LogP contribution in [0.3, 0.4) is 0 Å². The molecule has 1 aromatic heterocycles. The number of hydrogen-bond acceptors (Lipinski definition) is 5. The number of aromatic nitrogens is 1. The maximum absolute atomic E-state index is 12.7. The van der Waals surface area contributed by atoms with Crippen molar-refractivity contribution in [1.29, 1.82) is 0 Å². The summed E-state index contributed by atoms with van der Waals surface area (Å²) in [6.07, 6.45) is -1.10. The highest BCUT2D eigenvalue weighted by Gasteiger charge is 2.34. The van der Waals surface area contributed by atoms with E-state index in [1.807, 2.05) is 38.1 Å². The summed E-state index contributed by atoms with van der Waals surface area (Å²) in [5.41, 5.74) is 3.21. The predicted molar refractivity (Wildman–Crippen MR) is 98.7 cm³/mol. The van der Waals surface area contributed by atoms with E-state index in [0.29, 0.717) is 16.6 Å². The minimum Gasteiger partial charge on any atom is -0.482 e. The number of para-hydroxylation sites is 2. The number of benzene rings is 2. The van der Waals surface area contributed by atoms with E-state index < -0.39 is 6.10 Å². The molecule has 0 radical (unpaired) electrons. The number of anilines is 1. The summed E-state index contributed by atoms with van der Waals surface area (Å²) in [5, 5.41) is 3.45. The molecule has 0 saturated heterocycles. The van der Waals surface area contributed by atoms with Crippen LogP contribution in [0.1, 0.15) is 18.1 Å². The van der Waals surface area contributed by atoms with Gasteiger partial charge in [0.05, 0.1) is 10.2 Å². The van der Waals surface area contributed by atoms with Gasteiger partial charge in [-0.15, -0.1) is 0 Å². The Bertz CT molecular complexity index is 966. The number of fused-ring (bicyclic) bond motifs is 2. The monoisotopic (exact) mass is 354 g/mol. The van der Waals surface area contributed by atoms with Gasteiger partial charge >= 0.3 is 0 Å². The highest BCUT2D eigenvalue weighted by atomic mass is 32.1. The minimum absolute atomic E-state index is 0.254. The first-order chi connectivity index (χ1) is 12.0. The number of carbonyl (C=O) groups excluding carboxylic acids is 1. The smallest absolute Gasteiger partial charge is 0.271 e. The molecule has 0 bridgehead atoms. The van der Waals surface area contributed by atoms with Crippen molar-refractivity contribution in [3.63, 3.8) is 0 Å². The predicted octanol–water partition coefficient (Wildman–Crippen LogP) is 4.08. The van der Waals surface area contributed by atoms with Gasteiger partial charge in [-0.25, -0.2) is 4.98 Å². The molecule has 1 aliphatic heterocycles. The molecule has 4 rings (SSSR count). The lowest BCUT2D eigenvalue weighted by atomic mass is 10.1. The Hall–Kier alpha value is -2.60. The summed E-state index contributed by atoms with van der Waals surface area (Å²) in [6, 6.07) is 11.5. The van der Waals surface area contributed by atoms with Crippen molar-refractivity contribution in [2.24, 2.45) is 0 Å². The van der Waals surface area contributed by atoms with Crippen LogP contribution in [0, 0.1) is 13.8 Å². The van der Waals surface area contributed by atoms with Crippen molar-refractivity contribution in [3.8, 4) is 11.5 Å². The van der Waals surface area contributed by atoms with Crippen LogP contribution in [0.4, 0.5) is 5.13 Å². The van der Waals surface area contributed by atoms with Gasteiger partial charge in [0.25, 0.3) is 5.91 Å². The fourth-order valence-corrected chi connectivity index (χ4v) is 3.93. The summed E-state index contributed by atoms with van der Waals surface area (Å²) in [6.45, 7) is 5.92. The third kappa shape index (κ3) is 2.93. The van der Waals surface area contributed by atoms with Gasteiger partial charge in [-0.2, -0.15) is 0 Å². The van der Waals surface area contributed by atoms with Crippen molar-refractivity contribution >= 4 is 32.6 Å². The van der Waals surface area contributed by atoms with Crippen LogP contribution in [0.25, 0.3) is 10.2 Å². The van der Waals surface area contributed by atoms with Crippen molar-refractivity contribution in [2.75, 3.05) is 5.32 Å². The van der Waals surface area contributed by atoms with Gasteiger partial charge in [-0.1, -0.05) is 29.5 Å². The molecule has 1 amide bonds. The highest BCUT2D eigenvalue weighted by Crippen LogP contribution is 2.34. The van der Waals surface area contributed by atoms with Gasteiger partial charge in [0, 0.05) is 0 Å². The summed E-state index contributed by atoms with van der Waals surface area (Å²) < 4.78 is 12.7. The molecule has 1 N–H and O–H groups in total. The third-order valence-corrected chi connectivity index (χ3v) is 5.27. The fourth-order valence-electron chi connectivity index (χ4n) is 3.01. The molecule has 0 spiro atoms. The van der Waals surface area contributed by atoms with E-state index in [0.717, 1.165) is 21.3 Å². The van der Waals surface area contributed by atoms with E-state index in [4.69, 9.17) is 9.47 Å². The van der Waals surface area contributed by atoms with E-state index >= 15 is 0 Å². The minimum atomic E-state index is -0.718. The molecule has 25 heavy (non-hydrogen) atoms. The average Bonchev–Trinajstić information content (AvgIpc) is 2.96. The lowest BCUT2D eigenvalue weighted by molar-refractivity contribution is -0.128. The summed E-state index contributed by atoms with van der Waals surface area (Å²) in [5.74, 6) is 0.983. The molecular weight excluding hydrogens is 336 g/mol. The molecule has 128 valence electrons. The van der Waals surface area contributed by atoms with Crippen LogP contribution in [0.15, 0.2) is 36.4 Å². The molecule has 0 aliphatic carbocycles. The van der Waals surface area contributed by atoms with Gasteiger partial charge in [0.15, 0.2) is 16.6 Å². The second-order valence-corrected chi connectivity index (χ2v) is 7.25. The standard InChI is InChI=1S/C19H18N2O3S/c1-10-8-11(2)17-13(9-10)20-19(25-17)21-18(22)16-12(3)23-14-6-4-5-7-15(14)24-16/h4-9,12,16H,1-3H3,(H,20,21,22). The molecule has 2 atom stereocenters. The lowest BCUT2D eigenvalue weighted by Crippen LogP contribution is -2.46. The van der Waals surface area contributed by atoms with Crippen LogP contribution in [0.5, 0.6) is 11.5 Å². The van der Waals surface area contributed by atoms with Crippen LogP contribution in [-0.4, -0.2) is 23.1 Å². The second-order valence-electron chi connectivity index (χ2n) is 6.25. The first kappa shape index (κ1) is 15.9. The van der Waals surface area contributed by atoms with Crippen LogP contribution in [-0.2, 0) is 4.79 Å². The Morgan fingerprint density at radius 2 is 1.88 bits per heavy atom. The molecule has 5 nitrogen and oxygen atoms in total. The molecule has 0 fully saturated rings.